The lowest BCUT2D eigenvalue weighted by Crippen LogP contribution is -2.11. The van der Waals surface area contributed by atoms with Gasteiger partial charge in [0.2, 0.25) is 0 Å². The Morgan fingerprint density at radius 3 is 1.63 bits per heavy atom. The van der Waals surface area contributed by atoms with Crippen molar-refractivity contribution in [2.75, 3.05) is 4.90 Å². The minimum absolute atomic E-state index is 0.831. The fourth-order valence-corrected chi connectivity index (χ4v) is 7.42. The Bertz CT molecular complexity index is 2810. The molecule has 3 heteroatoms. The molecular formula is C46H29NO2. The van der Waals surface area contributed by atoms with Gasteiger partial charge in [0.05, 0.1) is 11.4 Å². The molecule has 0 aliphatic rings. The summed E-state index contributed by atoms with van der Waals surface area (Å²) in [5, 5.41) is 6.64. The standard InChI is InChI=1S/C46H29NO2/c1-4-15-30(16-5-1)37-27-40-39-28-38(31-17-6-2-7-18-31)42(29-44(39)49-45(40)35-23-11-10-21-33(35)37)47(32-19-8-3-9-20-32)41-25-14-24-36-34-22-12-13-26-43(34)48-46(36)41/h1-29H. The van der Waals surface area contributed by atoms with E-state index in [4.69, 9.17) is 8.83 Å². The van der Waals surface area contributed by atoms with E-state index in [1.165, 1.54) is 16.5 Å². The first-order valence-electron chi connectivity index (χ1n) is 16.6. The molecule has 0 saturated carbocycles. The molecule has 8 aromatic carbocycles. The summed E-state index contributed by atoms with van der Waals surface area (Å²) in [4.78, 5) is 2.31. The molecule has 0 bridgehead atoms. The molecule has 0 N–H and O–H groups in total. The highest BCUT2D eigenvalue weighted by molar-refractivity contribution is 6.20. The van der Waals surface area contributed by atoms with Crippen molar-refractivity contribution in [1.82, 2.24) is 0 Å². The zero-order valence-electron chi connectivity index (χ0n) is 26.5. The summed E-state index contributed by atoms with van der Waals surface area (Å²) < 4.78 is 13.5. The Hall–Kier alpha value is -6.58. The van der Waals surface area contributed by atoms with Crippen LogP contribution in [0, 0.1) is 0 Å². The van der Waals surface area contributed by atoms with Crippen molar-refractivity contribution in [3.8, 4) is 22.3 Å². The Morgan fingerprint density at radius 2 is 0.878 bits per heavy atom. The van der Waals surface area contributed by atoms with Gasteiger partial charge in [-0.2, -0.15) is 0 Å². The van der Waals surface area contributed by atoms with Crippen LogP contribution in [0.1, 0.15) is 0 Å². The van der Waals surface area contributed by atoms with Gasteiger partial charge in [0.1, 0.15) is 16.7 Å². The quantitative estimate of drug-likeness (QED) is 0.190. The number of benzene rings is 8. The molecule has 0 amide bonds. The third-order valence-electron chi connectivity index (χ3n) is 9.64. The van der Waals surface area contributed by atoms with Crippen molar-refractivity contribution in [3.05, 3.63) is 176 Å². The molecule has 0 aliphatic heterocycles. The summed E-state index contributed by atoms with van der Waals surface area (Å²) >= 11 is 0. The molecule has 0 fully saturated rings. The summed E-state index contributed by atoms with van der Waals surface area (Å²) in [5.74, 6) is 0. The highest BCUT2D eigenvalue weighted by atomic mass is 16.3. The van der Waals surface area contributed by atoms with Gasteiger partial charge in [-0.1, -0.05) is 133 Å². The molecule has 2 heterocycles. The molecule has 0 spiro atoms. The molecule has 0 unspecified atom stereocenters. The Balaban J connectivity index is 1.32. The van der Waals surface area contributed by atoms with Crippen LogP contribution in [0.4, 0.5) is 17.1 Å². The summed E-state index contributed by atoms with van der Waals surface area (Å²) in [7, 11) is 0. The second-order valence-electron chi connectivity index (χ2n) is 12.5. The smallest absolute Gasteiger partial charge is 0.159 e. The topological polar surface area (TPSA) is 29.5 Å². The van der Waals surface area contributed by atoms with Crippen LogP contribution in [0.2, 0.25) is 0 Å². The van der Waals surface area contributed by atoms with Crippen molar-refractivity contribution in [1.29, 1.82) is 0 Å². The number of para-hydroxylation sites is 3. The second-order valence-corrected chi connectivity index (χ2v) is 12.5. The van der Waals surface area contributed by atoms with Crippen molar-refractivity contribution in [3.63, 3.8) is 0 Å². The van der Waals surface area contributed by atoms with E-state index in [1.807, 2.05) is 12.1 Å². The Kier molecular flexibility index (Phi) is 6.18. The number of rotatable bonds is 5. The van der Waals surface area contributed by atoms with Crippen molar-refractivity contribution in [2.45, 2.75) is 0 Å². The maximum atomic E-state index is 6.90. The van der Waals surface area contributed by atoms with Gasteiger partial charge in [-0.05, 0) is 58.5 Å². The van der Waals surface area contributed by atoms with Gasteiger partial charge < -0.3 is 13.7 Å². The SMILES string of the molecule is c1ccc(-c2cc3c(cc2N(c2ccccc2)c2cccc4c2oc2ccccc24)oc2c4ccccc4c(-c4ccccc4)cc32)cc1. The fraction of sp³-hybridized carbons (Fsp3) is 0. The van der Waals surface area contributed by atoms with E-state index in [9.17, 15) is 0 Å². The van der Waals surface area contributed by atoms with Crippen molar-refractivity contribution >= 4 is 71.7 Å². The molecule has 230 valence electrons. The summed E-state index contributed by atoms with van der Waals surface area (Å²) in [5.41, 5.74) is 11.0. The van der Waals surface area contributed by atoms with Crippen LogP contribution in [0.25, 0.3) is 76.9 Å². The van der Waals surface area contributed by atoms with Gasteiger partial charge in [0, 0.05) is 44.2 Å². The van der Waals surface area contributed by atoms with E-state index in [1.54, 1.807) is 0 Å². The Morgan fingerprint density at radius 1 is 0.327 bits per heavy atom. The average molecular weight is 628 g/mol. The first kappa shape index (κ1) is 27.5. The van der Waals surface area contributed by atoms with E-state index in [0.29, 0.717) is 0 Å². The molecule has 10 aromatic rings. The van der Waals surface area contributed by atoms with Crippen LogP contribution in [0.3, 0.4) is 0 Å². The largest absolute Gasteiger partial charge is 0.455 e. The average Bonchev–Trinajstić information content (AvgIpc) is 3.74. The number of hydrogen-bond donors (Lipinski definition) is 0. The monoisotopic (exact) mass is 627 g/mol. The highest BCUT2D eigenvalue weighted by Crippen LogP contribution is 2.48. The second kappa shape index (κ2) is 11.0. The molecule has 49 heavy (non-hydrogen) atoms. The van der Waals surface area contributed by atoms with Crippen molar-refractivity contribution < 1.29 is 8.83 Å². The predicted molar refractivity (Wildman–Crippen MR) is 204 cm³/mol. The number of fused-ring (bicyclic) bond motifs is 8. The number of hydrogen-bond acceptors (Lipinski definition) is 3. The van der Waals surface area contributed by atoms with E-state index >= 15 is 0 Å². The van der Waals surface area contributed by atoms with Crippen LogP contribution in [0.5, 0.6) is 0 Å². The van der Waals surface area contributed by atoms with Crippen LogP contribution >= 0.6 is 0 Å². The lowest BCUT2D eigenvalue weighted by atomic mass is 9.94. The fourth-order valence-electron chi connectivity index (χ4n) is 7.42. The number of furan rings is 2. The third-order valence-corrected chi connectivity index (χ3v) is 9.64. The molecule has 2 aromatic heterocycles. The van der Waals surface area contributed by atoms with Crippen LogP contribution in [0.15, 0.2) is 185 Å². The molecule has 0 saturated heterocycles. The zero-order valence-corrected chi connectivity index (χ0v) is 26.5. The first-order valence-corrected chi connectivity index (χ1v) is 16.6. The lowest BCUT2D eigenvalue weighted by molar-refractivity contribution is 0.668. The van der Waals surface area contributed by atoms with Crippen molar-refractivity contribution in [2.24, 2.45) is 0 Å². The highest BCUT2D eigenvalue weighted by Gasteiger charge is 2.24. The first-order chi connectivity index (χ1) is 24.3. The van der Waals surface area contributed by atoms with E-state index in [0.717, 1.165) is 77.5 Å². The van der Waals surface area contributed by atoms with Gasteiger partial charge in [-0.25, -0.2) is 0 Å². The molecule has 0 aliphatic carbocycles. The van der Waals surface area contributed by atoms with Crippen LogP contribution in [-0.4, -0.2) is 0 Å². The van der Waals surface area contributed by atoms with Gasteiger partial charge in [-0.15, -0.1) is 0 Å². The zero-order chi connectivity index (χ0) is 32.3. The Labute approximate surface area is 282 Å². The van der Waals surface area contributed by atoms with Crippen LogP contribution < -0.4 is 4.90 Å². The maximum Gasteiger partial charge on any atom is 0.159 e. The maximum absolute atomic E-state index is 6.90. The molecular weight excluding hydrogens is 599 g/mol. The van der Waals surface area contributed by atoms with Gasteiger partial charge in [0.15, 0.2) is 5.58 Å². The minimum atomic E-state index is 0.831. The number of nitrogens with zero attached hydrogens (tertiary/aromatic N) is 1. The summed E-state index contributed by atoms with van der Waals surface area (Å²) in [6.07, 6.45) is 0. The normalized spacial score (nSPS) is 11.7. The minimum Gasteiger partial charge on any atom is -0.455 e. The number of anilines is 3. The molecule has 3 nitrogen and oxygen atoms in total. The molecule has 10 rings (SSSR count). The van der Waals surface area contributed by atoms with Gasteiger partial charge >= 0.3 is 0 Å². The van der Waals surface area contributed by atoms with E-state index in [2.05, 4.69) is 169 Å². The lowest BCUT2D eigenvalue weighted by Gasteiger charge is -2.28. The summed E-state index contributed by atoms with van der Waals surface area (Å²) in [6, 6.07) is 61.8. The van der Waals surface area contributed by atoms with Gasteiger partial charge in [0.25, 0.3) is 0 Å². The van der Waals surface area contributed by atoms with E-state index in [-0.39, 0.29) is 0 Å². The molecule has 0 atom stereocenters. The molecule has 0 radical (unpaired) electrons. The van der Waals surface area contributed by atoms with Crippen LogP contribution in [-0.2, 0) is 0 Å². The third kappa shape index (κ3) is 4.37. The predicted octanol–water partition coefficient (Wildman–Crippen LogP) is 13.4. The van der Waals surface area contributed by atoms with Gasteiger partial charge in [-0.3, -0.25) is 0 Å². The van der Waals surface area contributed by atoms with E-state index < -0.39 is 0 Å². The summed E-state index contributed by atoms with van der Waals surface area (Å²) in [6.45, 7) is 0.